The van der Waals surface area contributed by atoms with Crippen molar-refractivity contribution in [1.82, 2.24) is 9.88 Å². The van der Waals surface area contributed by atoms with Gasteiger partial charge < -0.3 is 10.6 Å². The number of halogens is 2. The number of nitrogens with zero attached hydrogens (tertiary/aromatic N) is 2. The first-order valence-corrected chi connectivity index (χ1v) is 7.56. The zero-order chi connectivity index (χ0) is 14.1. The summed E-state index contributed by atoms with van der Waals surface area (Å²) < 4.78 is 0. The topological polar surface area (TPSA) is 59.2 Å². The monoisotopic (exact) mass is 345 g/mol. The van der Waals surface area contributed by atoms with Gasteiger partial charge in [0.15, 0.2) is 0 Å². The number of hydrogen-bond acceptors (Lipinski definition) is 3. The van der Waals surface area contributed by atoms with Crippen LogP contribution in [0.25, 0.3) is 0 Å². The molecule has 4 nitrogen and oxygen atoms in total. The maximum Gasteiger partial charge on any atom is 0.227 e. The van der Waals surface area contributed by atoms with E-state index in [9.17, 15) is 4.79 Å². The molecule has 4 atom stereocenters. The smallest absolute Gasteiger partial charge is 0.227 e. The van der Waals surface area contributed by atoms with E-state index < -0.39 is 0 Å². The molecule has 1 heterocycles. The Morgan fingerprint density at radius 1 is 1.27 bits per heavy atom. The van der Waals surface area contributed by atoms with Crippen LogP contribution in [0.2, 0.25) is 0 Å². The second-order valence-corrected chi connectivity index (χ2v) is 6.30. The van der Waals surface area contributed by atoms with Gasteiger partial charge in [0.1, 0.15) is 0 Å². The molecule has 4 unspecified atom stereocenters. The third kappa shape index (κ3) is 3.73. The lowest BCUT2D eigenvalue weighted by atomic mass is 9.84. The van der Waals surface area contributed by atoms with Gasteiger partial charge >= 0.3 is 0 Å². The van der Waals surface area contributed by atoms with Crippen molar-refractivity contribution in [2.75, 3.05) is 13.6 Å². The van der Waals surface area contributed by atoms with Crippen molar-refractivity contribution in [3.05, 3.63) is 30.1 Å². The summed E-state index contributed by atoms with van der Waals surface area (Å²) in [5.41, 5.74) is 7.47. The average Bonchev–Trinajstić information content (AvgIpc) is 3.06. The summed E-state index contributed by atoms with van der Waals surface area (Å²) in [6, 6.07) is 4.09. The lowest BCUT2D eigenvalue weighted by Gasteiger charge is -2.30. The van der Waals surface area contributed by atoms with Crippen LogP contribution in [-0.2, 0) is 11.2 Å². The van der Waals surface area contributed by atoms with E-state index in [1.807, 2.05) is 24.1 Å². The summed E-state index contributed by atoms with van der Waals surface area (Å²) >= 11 is 0. The fourth-order valence-electron chi connectivity index (χ4n) is 3.91. The fourth-order valence-corrected chi connectivity index (χ4v) is 3.91. The van der Waals surface area contributed by atoms with Gasteiger partial charge in [-0.25, -0.2) is 0 Å². The Morgan fingerprint density at radius 3 is 2.50 bits per heavy atom. The molecule has 0 saturated heterocycles. The first-order valence-electron chi connectivity index (χ1n) is 7.56. The number of carbonyl (C=O) groups is 1. The standard InChI is InChI=1S/C16H23N3O.2ClH/c1-19(9-6-11-4-7-18-8-5-11)16(20)14-12-2-3-13(10-12)15(14)17;;/h4-5,7-8,12-15H,2-3,6,9-10,17H2,1H3;2*1H. The highest BCUT2D eigenvalue weighted by Crippen LogP contribution is 2.48. The van der Waals surface area contributed by atoms with Crippen molar-refractivity contribution in [2.24, 2.45) is 23.5 Å². The van der Waals surface area contributed by atoms with Gasteiger partial charge in [-0.2, -0.15) is 0 Å². The number of amides is 1. The van der Waals surface area contributed by atoms with Crippen LogP contribution in [0.1, 0.15) is 24.8 Å². The van der Waals surface area contributed by atoms with Crippen molar-refractivity contribution < 1.29 is 4.79 Å². The molecule has 1 amide bonds. The molecule has 2 bridgehead atoms. The number of carbonyl (C=O) groups excluding carboxylic acids is 1. The van der Waals surface area contributed by atoms with Gasteiger partial charge in [-0.1, -0.05) is 0 Å². The van der Waals surface area contributed by atoms with Crippen molar-refractivity contribution >= 4 is 30.7 Å². The number of aromatic nitrogens is 1. The molecule has 1 aromatic rings. The highest BCUT2D eigenvalue weighted by Gasteiger charge is 2.49. The quantitative estimate of drug-likeness (QED) is 0.910. The molecule has 0 aromatic carbocycles. The molecule has 2 N–H and O–H groups in total. The van der Waals surface area contributed by atoms with Crippen molar-refractivity contribution in [3.63, 3.8) is 0 Å². The first-order chi connectivity index (χ1) is 9.66. The second-order valence-electron chi connectivity index (χ2n) is 6.30. The van der Waals surface area contributed by atoms with Gasteiger partial charge in [-0.3, -0.25) is 9.78 Å². The van der Waals surface area contributed by atoms with E-state index in [0.717, 1.165) is 19.4 Å². The van der Waals surface area contributed by atoms with Gasteiger partial charge in [-0.15, -0.1) is 24.8 Å². The second kappa shape index (κ2) is 8.14. The molecule has 2 aliphatic carbocycles. The van der Waals surface area contributed by atoms with Crippen molar-refractivity contribution in [1.29, 1.82) is 0 Å². The highest BCUT2D eigenvalue weighted by atomic mass is 35.5. The molecule has 0 radical (unpaired) electrons. The summed E-state index contributed by atoms with van der Waals surface area (Å²) in [4.78, 5) is 18.5. The molecule has 6 heteroatoms. The summed E-state index contributed by atoms with van der Waals surface area (Å²) in [5.74, 6) is 1.43. The van der Waals surface area contributed by atoms with Gasteiger partial charge in [0.05, 0.1) is 5.92 Å². The van der Waals surface area contributed by atoms with Crippen LogP contribution in [0.15, 0.2) is 24.5 Å². The summed E-state index contributed by atoms with van der Waals surface area (Å²) in [6.45, 7) is 0.753. The molecule has 2 aliphatic rings. The minimum absolute atomic E-state index is 0. The van der Waals surface area contributed by atoms with Crippen LogP contribution < -0.4 is 5.73 Å². The molecule has 0 spiro atoms. The summed E-state index contributed by atoms with van der Waals surface area (Å²) in [7, 11) is 1.90. The zero-order valence-corrected chi connectivity index (χ0v) is 14.5. The molecule has 22 heavy (non-hydrogen) atoms. The SMILES string of the molecule is CN(CCc1ccncc1)C(=O)C1C2CCC(C2)C1N.Cl.Cl. The summed E-state index contributed by atoms with van der Waals surface area (Å²) in [5, 5.41) is 0. The van der Waals surface area contributed by atoms with Crippen LogP contribution in [0.5, 0.6) is 0 Å². The van der Waals surface area contributed by atoms with E-state index in [2.05, 4.69) is 4.98 Å². The van der Waals surface area contributed by atoms with Crippen LogP contribution in [-0.4, -0.2) is 35.4 Å². The minimum atomic E-state index is 0. The largest absolute Gasteiger partial charge is 0.345 e. The maximum absolute atomic E-state index is 12.6. The molecule has 1 aromatic heterocycles. The van der Waals surface area contributed by atoms with E-state index in [0.29, 0.717) is 11.8 Å². The Morgan fingerprint density at radius 2 is 1.91 bits per heavy atom. The van der Waals surface area contributed by atoms with E-state index in [1.54, 1.807) is 12.4 Å². The van der Waals surface area contributed by atoms with E-state index in [1.165, 1.54) is 18.4 Å². The van der Waals surface area contributed by atoms with Crippen molar-refractivity contribution in [2.45, 2.75) is 31.7 Å². The minimum Gasteiger partial charge on any atom is -0.345 e. The Kier molecular flexibility index (Phi) is 7.10. The average molecular weight is 346 g/mol. The molecular weight excluding hydrogens is 321 g/mol. The van der Waals surface area contributed by atoms with Crippen LogP contribution >= 0.6 is 24.8 Å². The van der Waals surface area contributed by atoms with Gasteiger partial charge in [0.25, 0.3) is 0 Å². The first kappa shape index (κ1) is 19.2. The zero-order valence-electron chi connectivity index (χ0n) is 12.9. The number of fused-ring (bicyclic) bond motifs is 2. The molecule has 124 valence electrons. The van der Waals surface area contributed by atoms with E-state index in [-0.39, 0.29) is 42.7 Å². The third-order valence-electron chi connectivity index (χ3n) is 5.13. The molecule has 2 saturated carbocycles. The van der Waals surface area contributed by atoms with Crippen LogP contribution in [0.3, 0.4) is 0 Å². The van der Waals surface area contributed by atoms with Gasteiger partial charge in [0.2, 0.25) is 5.91 Å². The van der Waals surface area contributed by atoms with Crippen LogP contribution in [0, 0.1) is 17.8 Å². The Bertz CT molecular complexity index is 484. The molecule has 3 rings (SSSR count). The number of pyridine rings is 1. The number of nitrogens with two attached hydrogens (primary N) is 1. The van der Waals surface area contributed by atoms with Gasteiger partial charge in [-0.05, 0) is 55.2 Å². The van der Waals surface area contributed by atoms with E-state index >= 15 is 0 Å². The number of hydrogen-bond donors (Lipinski definition) is 1. The fraction of sp³-hybridized carbons (Fsp3) is 0.625. The molecular formula is C16H25Cl2N3O. The predicted molar refractivity (Wildman–Crippen MR) is 92.4 cm³/mol. The van der Waals surface area contributed by atoms with Crippen LogP contribution in [0.4, 0.5) is 0 Å². The summed E-state index contributed by atoms with van der Waals surface area (Å²) in [6.07, 6.45) is 8.03. The number of likely N-dealkylation sites (N-methyl/N-ethyl adjacent to an activating group) is 1. The third-order valence-corrected chi connectivity index (χ3v) is 5.13. The van der Waals surface area contributed by atoms with E-state index in [4.69, 9.17) is 5.73 Å². The lowest BCUT2D eigenvalue weighted by molar-refractivity contribution is -0.136. The molecule has 2 fully saturated rings. The Hall–Kier alpha value is -0.840. The molecule has 0 aliphatic heterocycles. The maximum atomic E-state index is 12.6. The predicted octanol–water partition coefficient (Wildman–Crippen LogP) is 2.30. The van der Waals surface area contributed by atoms with Crippen molar-refractivity contribution in [3.8, 4) is 0 Å². The normalized spacial score (nSPS) is 28.6. The van der Waals surface area contributed by atoms with Gasteiger partial charge in [0, 0.05) is 32.0 Å². The lowest BCUT2D eigenvalue weighted by Crippen LogP contribution is -2.46. The Labute approximate surface area is 144 Å². The highest BCUT2D eigenvalue weighted by molar-refractivity contribution is 5.85. The number of rotatable bonds is 4. The Balaban J connectivity index is 0.00000121.